The first-order chi connectivity index (χ1) is 8.02. The van der Waals surface area contributed by atoms with Crippen LogP contribution in [0.15, 0.2) is 0 Å². The fraction of sp³-hybridized carbons (Fsp3) is 1.00. The molecule has 0 rings (SSSR count). The molecule has 0 fully saturated rings. The molecule has 0 saturated carbocycles. The molecule has 0 bridgehead atoms. The number of rotatable bonds is 8. The van der Waals surface area contributed by atoms with E-state index in [4.69, 9.17) is 8.61 Å². The first-order valence-corrected chi connectivity index (χ1v) is 11.1. The fourth-order valence-corrected chi connectivity index (χ4v) is 3.30. The average Bonchev–Trinajstić information content (AvgIpc) is 2.11. The minimum atomic E-state index is -3.30. The molecule has 0 spiro atoms. The van der Waals surface area contributed by atoms with Crippen LogP contribution in [0.2, 0.25) is 13.1 Å². The van der Waals surface area contributed by atoms with E-state index in [1.54, 1.807) is 0 Å². The van der Waals surface area contributed by atoms with E-state index < -0.39 is 19.2 Å². The van der Waals surface area contributed by atoms with Crippen LogP contribution >= 0.6 is 0 Å². The molecule has 0 heterocycles. The normalized spacial score (nSPS) is 15.1. The highest BCUT2D eigenvalue weighted by molar-refractivity contribution is 7.85. The average molecular weight is 297 g/mol. The van der Waals surface area contributed by atoms with E-state index in [-0.39, 0.29) is 18.1 Å². The summed E-state index contributed by atoms with van der Waals surface area (Å²) in [6, 6.07) is 0. The van der Waals surface area contributed by atoms with Crippen molar-refractivity contribution in [2.45, 2.75) is 59.2 Å². The van der Waals surface area contributed by atoms with E-state index in [1.165, 1.54) is 0 Å². The highest BCUT2D eigenvalue weighted by Gasteiger charge is 2.25. The fourth-order valence-electron chi connectivity index (χ4n) is 1.68. The van der Waals surface area contributed by atoms with Gasteiger partial charge in [-0.05, 0) is 37.8 Å². The van der Waals surface area contributed by atoms with Crippen molar-refractivity contribution >= 4 is 19.2 Å². The summed E-state index contributed by atoms with van der Waals surface area (Å²) in [5.74, 6) is 0. The van der Waals surface area contributed by atoms with Crippen LogP contribution in [-0.4, -0.2) is 36.4 Å². The van der Waals surface area contributed by atoms with Crippen molar-refractivity contribution in [1.29, 1.82) is 0 Å². The quantitative estimate of drug-likeness (QED) is 0.392. The molecule has 0 aliphatic carbocycles. The zero-order valence-electron chi connectivity index (χ0n) is 12.5. The first-order valence-electron chi connectivity index (χ1n) is 6.52. The van der Waals surface area contributed by atoms with Crippen molar-refractivity contribution in [2.75, 3.05) is 12.9 Å². The lowest BCUT2D eigenvalue weighted by Crippen LogP contribution is -2.33. The lowest BCUT2D eigenvalue weighted by Gasteiger charge is -2.32. The van der Waals surface area contributed by atoms with E-state index in [0.29, 0.717) is 0 Å². The Hall–Kier alpha value is 0.0869. The van der Waals surface area contributed by atoms with Crippen molar-refractivity contribution in [1.82, 2.24) is 0 Å². The summed E-state index contributed by atoms with van der Waals surface area (Å²) in [6.07, 6.45) is 3.98. The molecule has 0 amide bonds. The zero-order chi connectivity index (χ0) is 14.4. The molecular weight excluding hydrogens is 268 g/mol. The summed E-state index contributed by atoms with van der Waals surface area (Å²) < 4.78 is 32.3. The topological polar surface area (TPSA) is 52.6 Å². The van der Waals surface area contributed by atoms with Crippen LogP contribution in [0.3, 0.4) is 0 Å². The van der Waals surface area contributed by atoms with E-state index in [0.717, 1.165) is 25.5 Å². The summed E-state index contributed by atoms with van der Waals surface area (Å²) in [5.41, 5.74) is 0.134. The molecule has 1 atom stereocenters. The molecule has 0 aliphatic heterocycles. The summed E-state index contributed by atoms with van der Waals surface area (Å²) in [5, 5.41) is 0. The van der Waals surface area contributed by atoms with Gasteiger partial charge in [0.1, 0.15) is 0 Å². The summed E-state index contributed by atoms with van der Waals surface area (Å²) >= 11 is 0. The molecule has 110 valence electrons. The smallest absolute Gasteiger partial charge is 0.264 e. The van der Waals surface area contributed by atoms with E-state index >= 15 is 0 Å². The van der Waals surface area contributed by atoms with Gasteiger partial charge in [0.2, 0.25) is 0 Å². The Kier molecular flexibility index (Phi) is 7.66. The third-order valence-corrected chi connectivity index (χ3v) is 4.03. The Morgan fingerprint density at radius 3 is 2.11 bits per heavy atom. The SMILES string of the molecule is C[SiH](C)OC(CCCCOS(C)(=O)=O)C(C)(C)C. The van der Waals surface area contributed by atoms with Crippen LogP contribution in [0, 0.1) is 5.41 Å². The minimum absolute atomic E-state index is 0.134. The van der Waals surface area contributed by atoms with Crippen LogP contribution in [0.4, 0.5) is 0 Å². The van der Waals surface area contributed by atoms with E-state index in [1.807, 2.05) is 0 Å². The Bertz CT molecular complexity index is 319. The largest absolute Gasteiger partial charge is 0.417 e. The maximum Gasteiger partial charge on any atom is 0.264 e. The lowest BCUT2D eigenvalue weighted by atomic mass is 9.86. The van der Waals surface area contributed by atoms with Crippen molar-refractivity contribution < 1.29 is 17.0 Å². The molecule has 18 heavy (non-hydrogen) atoms. The van der Waals surface area contributed by atoms with E-state index in [2.05, 4.69) is 33.9 Å². The lowest BCUT2D eigenvalue weighted by molar-refractivity contribution is 0.0751. The van der Waals surface area contributed by atoms with Crippen LogP contribution in [0.5, 0.6) is 0 Å². The molecular formula is C12H28O4SSi. The second-order valence-electron chi connectivity index (χ2n) is 6.06. The van der Waals surface area contributed by atoms with E-state index in [9.17, 15) is 8.42 Å². The third kappa shape index (κ3) is 10.1. The third-order valence-electron chi connectivity index (χ3n) is 2.56. The maximum absolute atomic E-state index is 10.8. The van der Waals surface area contributed by atoms with Crippen molar-refractivity contribution in [2.24, 2.45) is 5.41 Å². The van der Waals surface area contributed by atoms with Gasteiger partial charge in [-0.25, -0.2) is 0 Å². The highest BCUT2D eigenvalue weighted by atomic mass is 32.2. The standard InChI is InChI=1S/C12H28O4SSi/c1-12(2,3)11(16-18(5)6)9-7-8-10-15-17(4,13)14/h11,18H,7-10H2,1-6H3. The molecule has 0 aliphatic rings. The molecule has 0 saturated heterocycles. The Labute approximate surface area is 114 Å². The van der Waals surface area contributed by atoms with Gasteiger partial charge in [0.15, 0.2) is 9.04 Å². The molecule has 6 heteroatoms. The molecule has 0 radical (unpaired) electrons. The number of unbranched alkanes of at least 4 members (excludes halogenated alkanes) is 1. The van der Waals surface area contributed by atoms with Gasteiger partial charge in [0.25, 0.3) is 10.1 Å². The van der Waals surface area contributed by atoms with Crippen molar-refractivity contribution in [3.8, 4) is 0 Å². The molecule has 0 aromatic carbocycles. The van der Waals surface area contributed by atoms with Crippen LogP contribution < -0.4 is 0 Å². The van der Waals surface area contributed by atoms with Crippen LogP contribution in [0.25, 0.3) is 0 Å². The molecule has 4 nitrogen and oxygen atoms in total. The summed E-state index contributed by atoms with van der Waals surface area (Å²) in [4.78, 5) is 0. The number of hydrogen-bond acceptors (Lipinski definition) is 4. The van der Waals surface area contributed by atoms with Gasteiger partial charge in [-0.3, -0.25) is 4.18 Å². The van der Waals surface area contributed by atoms with Crippen LogP contribution in [-0.2, 0) is 18.7 Å². The van der Waals surface area contributed by atoms with Gasteiger partial charge in [-0.2, -0.15) is 8.42 Å². The molecule has 0 aromatic rings. The predicted octanol–water partition coefficient (Wildman–Crippen LogP) is 2.55. The summed E-state index contributed by atoms with van der Waals surface area (Å²) in [6.45, 7) is 11.2. The highest BCUT2D eigenvalue weighted by Crippen LogP contribution is 2.27. The number of hydrogen-bond donors (Lipinski definition) is 0. The molecule has 0 N–H and O–H groups in total. The van der Waals surface area contributed by atoms with Crippen molar-refractivity contribution in [3.63, 3.8) is 0 Å². The zero-order valence-corrected chi connectivity index (χ0v) is 14.5. The monoisotopic (exact) mass is 296 g/mol. The van der Waals surface area contributed by atoms with Gasteiger partial charge < -0.3 is 4.43 Å². The second-order valence-corrected chi connectivity index (χ2v) is 10.1. The summed E-state index contributed by atoms with van der Waals surface area (Å²) in [7, 11) is -4.34. The van der Waals surface area contributed by atoms with Crippen molar-refractivity contribution in [3.05, 3.63) is 0 Å². The van der Waals surface area contributed by atoms with Gasteiger partial charge in [0, 0.05) is 6.10 Å². The Balaban J connectivity index is 3.98. The van der Waals surface area contributed by atoms with Gasteiger partial charge in [0.05, 0.1) is 12.9 Å². The predicted molar refractivity (Wildman–Crippen MR) is 77.9 cm³/mol. The minimum Gasteiger partial charge on any atom is -0.417 e. The van der Waals surface area contributed by atoms with Gasteiger partial charge in [-0.1, -0.05) is 20.8 Å². The van der Waals surface area contributed by atoms with Gasteiger partial charge >= 0.3 is 0 Å². The molecule has 0 aromatic heterocycles. The maximum atomic E-state index is 10.8. The first kappa shape index (κ1) is 18.1. The Morgan fingerprint density at radius 2 is 1.72 bits per heavy atom. The Morgan fingerprint density at radius 1 is 1.17 bits per heavy atom. The van der Waals surface area contributed by atoms with Crippen LogP contribution in [0.1, 0.15) is 40.0 Å². The second kappa shape index (κ2) is 7.62. The molecule has 1 unspecified atom stereocenters. The van der Waals surface area contributed by atoms with Gasteiger partial charge in [-0.15, -0.1) is 0 Å².